The van der Waals surface area contributed by atoms with Crippen LogP contribution in [0.25, 0.3) is 5.57 Å². The van der Waals surface area contributed by atoms with E-state index < -0.39 is 11.8 Å². The lowest BCUT2D eigenvalue weighted by molar-refractivity contribution is -0.120. The monoisotopic (exact) mass is 448 g/mol. The molecule has 1 aromatic heterocycles. The third kappa shape index (κ3) is 4.31. The summed E-state index contributed by atoms with van der Waals surface area (Å²) in [7, 11) is 1.55. The second-order valence-electron chi connectivity index (χ2n) is 6.97. The second kappa shape index (κ2) is 9.15. The van der Waals surface area contributed by atoms with Crippen LogP contribution in [0.5, 0.6) is 5.75 Å². The van der Waals surface area contributed by atoms with Gasteiger partial charge in [-0.05, 0) is 54.1 Å². The maximum atomic E-state index is 13.4. The minimum Gasteiger partial charge on any atom is -0.497 e. The first-order chi connectivity index (χ1) is 15.5. The molecule has 162 valence electrons. The molecule has 8 heteroatoms. The number of hydrogen-bond acceptors (Lipinski definition) is 6. The molecule has 32 heavy (non-hydrogen) atoms. The molecule has 0 bridgehead atoms. The number of nitrogens with one attached hydrogen (secondary N) is 1. The average molecular weight is 449 g/mol. The molecule has 0 radical (unpaired) electrons. The van der Waals surface area contributed by atoms with Crippen LogP contribution in [-0.4, -0.2) is 24.8 Å². The summed E-state index contributed by atoms with van der Waals surface area (Å²) >= 11 is 1.26. The summed E-state index contributed by atoms with van der Waals surface area (Å²) in [5, 5.41) is 2.70. The fraction of sp³-hybridized carbons (Fsp3) is 0.125. The lowest BCUT2D eigenvalue weighted by Gasteiger charge is -2.15. The molecule has 0 fully saturated rings. The van der Waals surface area contributed by atoms with Crippen LogP contribution in [0.2, 0.25) is 0 Å². The summed E-state index contributed by atoms with van der Waals surface area (Å²) in [5.41, 5.74) is 1.98. The quantitative estimate of drug-likeness (QED) is 0.537. The number of anilines is 2. The third-order valence-electron chi connectivity index (χ3n) is 4.80. The molecule has 1 aliphatic rings. The Hall–Kier alpha value is -3.78. The van der Waals surface area contributed by atoms with E-state index in [0.717, 1.165) is 0 Å². The average Bonchev–Trinajstić information content (AvgIpc) is 3.39. The maximum Gasteiger partial charge on any atom is 0.272 e. The van der Waals surface area contributed by atoms with Crippen molar-refractivity contribution in [3.63, 3.8) is 0 Å². The molecule has 0 atom stereocenters. The van der Waals surface area contributed by atoms with E-state index in [9.17, 15) is 14.4 Å². The van der Waals surface area contributed by atoms with Crippen LogP contribution >= 0.6 is 11.8 Å². The normalized spacial score (nSPS) is 13.6. The minimum atomic E-state index is -0.408. The predicted octanol–water partition coefficient (Wildman–Crippen LogP) is 4.46. The van der Waals surface area contributed by atoms with Gasteiger partial charge in [0, 0.05) is 12.6 Å². The smallest absolute Gasteiger partial charge is 0.272 e. The van der Waals surface area contributed by atoms with Gasteiger partial charge >= 0.3 is 0 Å². The summed E-state index contributed by atoms with van der Waals surface area (Å²) < 4.78 is 10.6. The lowest BCUT2D eigenvalue weighted by Crippen LogP contribution is -2.31. The summed E-state index contributed by atoms with van der Waals surface area (Å²) in [6, 6.07) is 17.2. The summed E-state index contributed by atoms with van der Waals surface area (Å²) in [6.07, 6.45) is 1.57. The fourth-order valence-corrected chi connectivity index (χ4v) is 4.34. The van der Waals surface area contributed by atoms with Crippen LogP contribution in [-0.2, 0) is 20.1 Å². The summed E-state index contributed by atoms with van der Waals surface area (Å²) in [6.45, 7) is 1.42. The van der Waals surface area contributed by atoms with Crippen LogP contribution in [0.15, 0.2) is 76.2 Å². The first-order valence-electron chi connectivity index (χ1n) is 9.78. The highest BCUT2D eigenvalue weighted by molar-refractivity contribution is 8.03. The Morgan fingerprint density at radius 1 is 1.03 bits per heavy atom. The van der Waals surface area contributed by atoms with E-state index in [2.05, 4.69) is 5.32 Å². The van der Waals surface area contributed by atoms with E-state index in [4.69, 9.17) is 9.15 Å². The van der Waals surface area contributed by atoms with Gasteiger partial charge in [0.05, 0.1) is 35.3 Å². The molecule has 2 heterocycles. The standard InChI is InChI=1S/C24H20N2O5S/c1-15(27)25-17-7-5-16(6-8-17)21-22(32-14-20-4-3-13-31-20)24(29)26(23(21)28)18-9-11-19(30-2)12-10-18/h3-13H,14H2,1-2H3,(H,25,27). The zero-order valence-corrected chi connectivity index (χ0v) is 18.3. The zero-order chi connectivity index (χ0) is 22.7. The Kier molecular flexibility index (Phi) is 6.13. The molecule has 1 N–H and O–H groups in total. The Morgan fingerprint density at radius 3 is 2.34 bits per heavy atom. The van der Waals surface area contributed by atoms with Crippen LogP contribution < -0.4 is 15.0 Å². The molecular weight excluding hydrogens is 428 g/mol. The van der Waals surface area contributed by atoms with E-state index in [-0.39, 0.29) is 5.91 Å². The number of nitrogens with zero attached hydrogens (tertiary/aromatic N) is 1. The van der Waals surface area contributed by atoms with Crippen molar-refractivity contribution >= 4 is 46.4 Å². The number of methoxy groups -OCH3 is 1. The zero-order valence-electron chi connectivity index (χ0n) is 17.5. The number of carbonyl (C=O) groups excluding carboxylic acids is 3. The van der Waals surface area contributed by atoms with Crippen LogP contribution in [0.4, 0.5) is 11.4 Å². The Balaban J connectivity index is 1.70. The Labute approximate surface area is 189 Å². The summed E-state index contributed by atoms with van der Waals surface area (Å²) in [5.74, 6) is 0.746. The molecule has 1 aliphatic heterocycles. The number of hydrogen-bond donors (Lipinski definition) is 1. The number of thioether (sulfide) groups is 1. The Morgan fingerprint density at radius 2 is 1.75 bits per heavy atom. The van der Waals surface area contributed by atoms with Crippen molar-refractivity contribution in [2.75, 3.05) is 17.3 Å². The number of rotatable bonds is 7. The van der Waals surface area contributed by atoms with E-state index in [0.29, 0.717) is 44.7 Å². The van der Waals surface area contributed by atoms with Crippen LogP contribution in [0.3, 0.4) is 0 Å². The molecule has 0 spiro atoms. The lowest BCUT2D eigenvalue weighted by atomic mass is 10.1. The van der Waals surface area contributed by atoms with Crippen molar-refractivity contribution in [2.24, 2.45) is 0 Å². The van der Waals surface area contributed by atoms with Gasteiger partial charge in [-0.25, -0.2) is 4.90 Å². The molecule has 0 aliphatic carbocycles. The van der Waals surface area contributed by atoms with Gasteiger partial charge in [-0.15, -0.1) is 11.8 Å². The van der Waals surface area contributed by atoms with Crippen molar-refractivity contribution < 1.29 is 23.5 Å². The number of imide groups is 1. The highest BCUT2D eigenvalue weighted by Crippen LogP contribution is 2.40. The van der Waals surface area contributed by atoms with E-state index >= 15 is 0 Å². The minimum absolute atomic E-state index is 0.190. The van der Waals surface area contributed by atoms with Crippen LogP contribution in [0.1, 0.15) is 18.2 Å². The van der Waals surface area contributed by atoms with Gasteiger partial charge < -0.3 is 14.5 Å². The molecule has 0 saturated carbocycles. The number of ether oxygens (including phenoxy) is 1. The van der Waals surface area contributed by atoms with E-state index in [1.807, 2.05) is 6.07 Å². The molecule has 2 aromatic carbocycles. The van der Waals surface area contributed by atoms with Crippen LogP contribution in [0, 0.1) is 0 Å². The highest BCUT2D eigenvalue weighted by Gasteiger charge is 2.40. The SMILES string of the molecule is COc1ccc(N2C(=O)C(SCc3ccco3)=C(c3ccc(NC(C)=O)cc3)C2=O)cc1. The van der Waals surface area contributed by atoms with E-state index in [1.54, 1.807) is 68.0 Å². The molecule has 4 rings (SSSR count). The fourth-order valence-electron chi connectivity index (χ4n) is 3.33. The maximum absolute atomic E-state index is 13.4. The summed E-state index contributed by atoms with van der Waals surface area (Å²) in [4.78, 5) is 39.6. The van der Waals surface area contributed by atoms with Gasteiger partial charge in [-0.1, -0.05) is 12.1 Å². The van der Waals surface area contributed by atoms with Gasteiger partial charge in [0.1, 0.15) is 11.5 Å². The first-order valence-corrected chi connectivity index (χ1v) is 10.8. The highest BCUT2D eigenvalue weighted by atomic mass is 32.2. The second-order valence-corrected chi connectivity index (χ2v) is 7.96. The molecule has 0 saturated heterocycles. The van der Waals surface area contributed by atoms with Gasteiger partial charge in [-0.3, -0.25) is 14.4 Å². The number of furan rings is 1. The third-order valence-corrected chi connectivity index (χ3v) is 5.90. The number of amides is 3. The van der Waals surface area contributed by atoms with Crippen molar-refractivity contribution in [1.29, 1.82) is 0 Å². The molecule has 3 amide bonds. The number of carbonyl (C=O) groups is 3. The van der Waals surface area contributed by atoms with Crippen molar-refractivity contribution in [1.82, 2.24) is 0 Å². The van der Waals surface area contributed by atoms with Gasteiger partial charge in [0.25, 0.3) is 11.8 Å². The first kappa shape index (κ1) is 21.5. The molecular formula is C24H20N2O5S. The van der Waals surface area contributed by atoms with Gasteiger partial charge in [0.2, 0.25) is 5.91 Å². The number of benzene rings is 2. The Bertz CT molecular complexity index is 1180. The predicted molar refractivity (Wildman–Crippen MR) is 123 cm³/mol. The topological polar surface area (TPSA) is 88.8 Å². The molecule has 7 nitrogen and oxygen atoms in total. The van der Waals surface area contributed by atoms with Crippen molar-refractivity contribution in [3.05, 3.63) is 83.2 Å². The van der Waals surface area contributed by atoms with Gasteiger partial charge in [0.15, 0.2) is 0 Å². The molecule has 0 unspecified atom stereocenters. The van der Waals surface area contributed by atoms with Crippen molar-refractivity contribution in [3.8, 4) is 5.75 Å². The van der Waals surface area contributed by atoms with Gasteiger partial charge in [-0.2, -0.15) is 0 Å². The largest absolute Gasteiger partial charge is 0.497 e. The van der Waals surface area contributed by atoms with Crippen molar-refractivity contribution in [2.45, 2.75) is 12.7 Å². The molecule has 3 aromatic rings. The van der Waals surface area contributed by atoms with E-state index in [1.165, 1.54) is 23.6 Å².